The second kappa shape index (κ2) is 12.6. The minimum absolute atomic E-state index is 0.381. The van der Waals surface area contributed by atoms with Crippen LogP contribution >= 0.6 is 55.1 Å². The van der Waals surface area contributed by atoms with Gasteiger partial charge in [-0.05, 0) is 58.7 Å². The van der Waals surface area contributed by atoms with E-state index in [0.29, 0.717) is 21.2 Å². The Labute approximate surface area is 244 Å². The first kappa shape index (κ1) is 27.9. The highest BCUT2D eigenvalue weighted by atomic mass is 79.9. The van der Waals surface area contributed by atoms with E-state index in [-0.39, 0.29) is 0 Å². The average Bonchev–Trinajstić information content (AvgIpc) is 2.88. The fraction of sp³-hybridized carbons (Fsp3) is 0.0667. The Balaban J connectivity index is 1.85. The predicted molar refractivity (Wildman–Crippen MR) is 164 cm³/mol. The van der Waals surface area contributed by atoms with Crippen molar-refractivity contribution in [2.45, 2.75) is 10.5 Å². The summed E-state index contributed by atoms with van der Waals surface area (Å²) in [5, 5.41) is -1.26. The van der Waals surface area contributed by atoms with Crippen molar-refractivity contribution in [2.24, 2.45) is 0 Å². The Morgan fingerprint density at radius 3 is 1.27 bits per heavy atom. The molecule has 0 saturated carbocycles. The Bertz CT molecular complexity index is 1420. The van der Waals surface area contributed by atoms with E-state index in [1.807, 2.05) is 48.5 Å². The Morgan fingerprint density at radius 1 is 0.568 bits per heavy atom. The lowest BCUT2D eigenvalue weighted by Crippen LogP contribution is -2.19. The monoisotopic (exact) mass is 674 g/mol. The summed E-state index contributed by atoms with van der Waals surface area (Å²) in [5.74, 6) is 0. The molecule has 0 saturated heterocycles. The minimum Gasteiger partial charge on any atom is -0.227 e. The molecule has 188 valence electrons. The molecule has 0 aromatic heterocycles. The van der Waals surface area contributed by atoms with Gasteiger partial charge in [-0.15, -0.1) is 0 Å². The van der Waals surface area contributed by atoms with Crippen LogP contribution in [-0.2, 0) is 9.84 Å². The molecule has 0 bridgehead atoms. The molecule has 0 amide bonds. The highest BCUT2D eigenvalue weighted by Gasteiger charge is 2.35. The van der Waals surface area contributed by atoms with Crippen molar-refractivity contribution in [3.05, 3.63) is 150 Å². The second-order valence-corrected chi connectivity index (χ2v) is 13.1. The van der Waals surface area contributed by atoms with E-state index < -0.39 is 20.3 Å². The molecule has 0 radical (unpaired) electrons. The molecule has 0 heterocycles. The van der Waals surface area contributed by atoms with Gasteiger partial charge >= 0.3 is 0 Å². The Morgan fingerprint density at radius 2 is 0.919 bits per heavy atom. The van der Waals surface area contributed by atoms with Gasteiger partial charge in [0.2, 0.25) is 0 Å². The Kier molecular flexibility index (Phi) is 9.49. The fourth-order valence-corrected chi connectivity index (χ4v) is 7.09. The first-order valence-corrected chi connectivity index (χ1v) is 15.3. The van der Waals surface area contributed by atoms with Gasteiger partial charge in [-0.1, -0.05) is 140 Å². The van der Waals surface area contributed by atoms with Crippen molar-refractivity contribution in [2.75, 3.05) is 0 Å². The van der Waals surface area contributed by atoms with Crippen molar-refractivity contribution >= 4 is 77.1 Å². The quantitative estimate of drug-likeness (QED) is 0.186. The van der Waals surface area contributed by atoms with Crippen LogP contribution in [0.15, 0.2) is 118 Å². The average molecular weight is 677 g/mol. The summed E-state index contributed by atoms with van der Waals surface area (Å²) >= 11 is 20.0. The highest BCUT2D eigenvalue weighted by molar-refractivity contribution is 9.10. The zero-order valence-electron chi connectivity index (χ0n) is 19.4. The summed E-state index contributed by atoms with van der Waals surface area (Å²) in [6.07, 6.45) is 6.99. The van der Waals surface area contributed by atoms with Gasteiger partial charge in [0.1, 0.15) is 10.5 Å². The van der Waals surface area contributed by atoms with Crippen LogP contribution in [0.1, 0.15) is 32.8 Å². The summed E-state index contributed by atoms with van der Waals surface area (Å²) in [7, 11) is -3.93. The topological polar surface area (TPSA) is 34.1 Å². The molecule has 4 aromatic carbocycles. The largest absolute Gasteiger partial charge is 0.227 e. The first-order chi connectivity index (χ1) is 17.8. The van der Waals surface area contributed by atoms with E-state index in [1.54, 1.807) is 72.8 Å². The number of sulfone groups is 1. The third-order valence-corrected chi connectivity index (χ3v) is 9.78. The van der Waals surface area contributed by atoms with Crippen molar-refractivity contribution < 1.29 is 8.42 Å². The van der Waals surface area contributed by atoms with Crippen molar-refractivity contribution in [1.29, 1.82) is 0 Å². The number of halogens is 4. The van der Waals surface area contributed by atoms with E-state index in [1.165, 1.54) is 0 Å². The molecule has 0 fully saturated rings. The van der Waals surface area contributed by atoms with E-state index in [2.05, 4.69) is 31.9 Å². The summed E-state index contributed by atoms with van der Waals surface area (Å²) < 4.78 is 30.8. The van der Waals surface area contributed by atoms with Crippen LogP contribution in [0.4, 0.5) is 0 Å². The van der Waals surface area contributed by atoms with Crippen molar-refractivity contribution in [3.8, 4) is 0 Å². The third kappa shape index (κ3) is 7.04. The van der Waals surface area contributed by atoms with Crippen LogP contribution in [0.2, 0.25) is 10.0 Å². The number of rotatable bonds is 8. The summed E-state index contributed by atoms with van der Waals surface area (Å²) in [4.78, 5) is 0. The van der Waals surface area contributed by atoms with Crippen LogP contribution in [0.5, 0.6) is 0 Å². The SMILES string of the molecule is O=S(=O)(C(C=Cc1ccc(Br)cc1)c1ccccc1Cl)C(C=Cc1ccc(Br)cc1)c1ccccc1Cl. The van der Waals surface area contributed by atoms with Gasteiger partial charge in [-0.3, -0.25) is 0 Å². The molecule has 2 nitrogen and oxygen atoms in total. The normalized spacial score (nSPS) is 13.7. The van der Waals surface area contributed by atoms with E-state index in [4.69, 9.17) is 23.2 Å². The second-order valence-electron chi connectivity index (χ2n) is 8.29. The lowest BCUT2D eigenvalue weighted by atomic mass is 10.1. The minimum atomic E-state index is -3.93. The molecule has 0 aliphatic carbocycles. The van der Waals surface area contributed by atoms with Gasteiger partial charge < -0.3 is 0 Å². The molecular weight excluding hydrogens is 655 g/mol. The predicted octanol–water partition coefficient (Wildman–Crippen LogP) is 10.1. The molecule has 2 atom stereocenters. The zero-order chi connectivity index (χ0) is 26.4. The van der Waals surface area contributed by atoms with Gasteiger partial charge in [0.15, 0.2) is 9.84 Å². The van der Waals surface area contributed by atoms with Crippen LogP contribution in [-0.4, -0.2) is 8.42 Å². The van der Waals surface area contributed by atoms with Crippen LogP contribution in [0, 0.1) is 0 Å². The standard InChI is InChI=1S/C30H22Br2Cl2O2S/c31-23-15-9-21(10-16-23)13-19-29(25-5-1-3-7-27(25)33)37(35,36)30(26-6-2-4-8-28(26)34)20-14-22-11-17-24(32)18-12-22/h1-20,29-30H. The smallest absolute Gasteiger partial charge is 0.171 e. The zero-order valence-corrected chi connectivity index (χ0v) is 24.9. The van der Waals surface area contributed by atoms with E-state index in [0.717, 1.165) is 20.1 Å². The van der Waals surface area contributed by atoms with Crippen LogP contribution < -0.4 is 0 Å². The molecule has 0 spiro atoms. The molecule has 0 aliphatic heterocycles. The summed E-state index contributed by atoms with van der Waals surface area (Å²) in [5.41, 5.74) is 2.75. The van der Waals surface area contributed by atoms with E-state index in [9.17, 15) is 8.42 Å². The maximum atomic E-state index is 14.5. The van der Waals surface area contributed by atoms with Gasteiger partial charge in [-0.25, -0.2) is 8.42 Å². The molecular formula is C30H22Br2Cl2O2S. The van der Waals surface area contributed by atoms with Crippen LogP contribution in [0.25, 0.3) is 12.2 Å². The molecule has 7 heteroatoms. The van der Waals surface area contributed by atoms with Crippen LogP contribution in [0.3, 0.4) is 0 Å². The molecule has 2 unspecified atom stereocenters. The van der Waals surface area contributed by atoms with Gasteiger partial charge in [0, 0.05) is 19.0 Å². The molecule has 4 aromatic rings. The molecule has 0 N–H and O–H groups in total. The highest BCUT2D eigenvalue weighted by Crippen LogP contribution is 2.41. The number of benzene rings is 4. The van der Waals surface area contributed by atoms with Gasteiger partial charge in [-0.2, -0.15) is 0 Å². The third-order valence-electron chi connectivity index (χ3n) is 5.80. The molecule has 37 heavy (non-hydrogen) atoms. The van der Waals surface area contributed by atoms with E-state index >= 15 is 0 Å². The maximum Gasteiger partial charge on any atom is 0.171 e. The van der Waals surface area contributed by atoms with Gasteiger partial charge in [0.05, 0.1) is 0 Å². The van der Waals surface area contributed by atoms with Gasteiger partial charge in [0.25, 0.3) is 0 Å². The fourth-order valence-electron chi connectivity index (χ4n) is 3.89. The maximum absolute atomic E-state index is 14.5. The summed E-state index contributed by atoms with van der Waals surface area (Å²) in [6.45, 7) is 0. The first-order valence-electron chi connectivity index (χ1n) is 11.3. The summed E-state index contributed by atoms with van der Waals surface area (Å²) in [6, 6.07) is 29.3. The Hall–Kier alpha value is -2.15. The number of hydrogen-bond acceptors (Lipinski definition) is 2. The van der Waals surface area contributed by atoms with Crippen molar-refractivity contribution in [1.82, 2.24) is 0 Å². The molecule has 0 aliphatic rings. The lowest BCUT2D eigenvalue weighted by Gasteiger charge is -2.23. The number of hydrogen-bond donors (Lipinski definition) is 0. The lowest BCUT2D eigenvalue weighted by molar-refractivity contribution is 0.584. The van der Waals surface area contributed by atoms with Crippen molar-refractivity contribution in [3.63, 3.8) is 0 Å². The molecule has 4 rings (SSSR count).